The molecule has 2 N–H and O–H groups in total. The maximum absolute atomic E-state index is 12.1. The van der Waals surface area contributed by atoms with E-state index in [9.17, 15) is 4.79 Å². The number of hydrogen-bond acceptors (Lipinski definition) is 4. The summed E-state index contributed by atoms with van der Waals surface area (Å²) in [6, 6.07) is 8.17. The van der Waals surface area contributed by atoms with Crippen molar-refractivity contribution in [2.24, 2.45) is 0 Å². The molecule has 6 nitrogen and oxygen atoms in total. The molecule has 1 aliphatic heterocycles. The van der Waals surface area contributed by atoms with Crippen molar-refractivity contribution < 1.29 is 4.79 Å². The summed E-state index contributed by atoms with van der Waals surface area (Å²) in [6.45, 7) is 2.22. The lowest BCUT2D eigenvalue weighted by atomic mass is 10.0. The molecule has 2 heterocycles. The van der Waals surface area contributed by atoms with E-state index in [-0.39, 0.29) is 11.9 Å². The average Bonchev–Trinajstić information content (AvgIpc) is 3.08. The highest BCUT2D eigenvalue weighted by molar-refractivity contribution is 5.81. The van der Waals surface area contributed by atoms with E-state index >= 15 is 0 Å². The van der Waals surface area contributed by atoms with Gasteiger partial charge in [0.1, 0.15) is 12.7 Å². The zero-order valence-electron chi connectivity index (χ0n) is 12.5. The molecule has 1 amide bonds. The number of aromatic nitrogens is 3. The number of nitrogens with zero attached hydrogens (tertiary/aromatic N) is 3. The van der Waals surface area contributed by atoms with Gasteiger partial charge in [0.2, 0.25) is 5.91 Å². The van der Waals surface area contributed by atoms with Gasteiger partial charge in [-0.2, -0.15) is 5.10 Å². The number of carbonyl (C=O) groups excluding carboxylic acids is 1. The smallest absolute Gasteiger partial charge is 0.237 e. The van der Waals surface area contributed by atoms with Gasteiger partial charge in [-0.3, -0.25) is 4.79 Å². The molecule has 22 heavy (non-hydrogen) atoms. The molecule has 1 fully saturated rings. The highest BCUT2D eigenvalue weighted by Crippen LogP contribution is 2.08. The lowest BCUT2D eigenvalue weighted by Crippen LogP contribution is -2.46. The molecule has 1 saturated heterocycles. The minimum absolute atomic E-state index is 0.0275. The molecule has 6 heteroatoms. The molecule has 116 valence electrons. The van der Waals surface area contributed by atoms with Gasteiger partial charge in [-0.05, 0) is 30.5 Å². The van der Waals surface area contributed by atoms with Crippen LogP contribution in [0.3, 0.4) is 0 Å². The summed E-state index contributed by atoms with van der Waals surface area (Å²) in [7, 11) is 0. The van der Waals surface area contributed by atoms with Crippen LogP contribution in [0.15, 0.2) is 36.9 Å². The van der Waals surface area contributed by atoms with Gasteiger partial charge < -0.3 is 10.6 Å². The predicted molar refractivity (Wildman–Crippen MR) is 83.1 cm³/mol. The molecule has 1 atom stereocenters. The second-order valence-corrected chi connectivity index (χ2v) is 5.63. The number of piperidine rings is 1. The van der Waals surface area contributed by atoms with E-state index in [1.807, 2.05) is 12.1 Å². The summed E-state index contributed by atoms with van der Waals surface area (Å²) in [5.41, 5.74) is 2.26. The number of carbonyl (C=O) groups is 1. The zero-order valence-corrected chi connectivity index (χ0v) is 12.5. The van der Waals surface area contributed by atoms with E-state index in [4.69, 9.17) is 0 Å². The Morgan fingerprint density at radius 3 is 2.77 bits per heavy atom. The van der Waals surface area contributed by atoms with Gasteiger partial charge in [-0.25, -0.2) is 9.67 Å². The topological polar surface area (TPSA) is 71.8 Å². The molecule has 0 bridgehead atoms. The van der Waals surface area contributed by atoms with Crippen LogP contribution in [0.4, 0.5) is 0 Å². The van der Waals surface area contributed by atoms with Crippen molar-refractivity contribution in [3.63, 3.8) is 0 Å². The van der Waals surface area contributed by atoms with E-state index in [0.29, 0.717) is 13.1 Å². The van der Waals surface area contributed by atoms with Gasteiger partial charge in [0, 0.05) is 6.54 Å². The fourth-order valence-electron chi connectivity index (χ4n) is 2.65. The minimum atomic E-state index is -0.0275. The Bertz CT molecular complexity index is 588. The quantitative estimate of drug-likeness (QED) is 0.867. The summed E-state index contributed by atoms with van der Waals surface area (Å²) in [4.78, 5) is 16.0. The van der Waals surface area contributed by atoms with Gasteiger partial charge in [-0.1, -0.05) is 30.7 Å². The van der Waals surface area contributed by atoms with Crippen LogP contribution in [0.2, 0.25) is 0 Å². The zero-order chi connectivity index (χ0) is 15.2. The Morgan fingerprint density at radius 2 is 2.09 bits per heavy atom. The predicted octanol–water partition coefficient (Wildman–Crippen LogP) is 1.08. The van der Waals surface area contributed by atoms with Crippen molar-refractivity contribution in [1.82, 2.24) is 25.4 Å². The number of nitrogens with one attached hydrogen (secondary N) is 2. The normalized spacial score (nSPS) is 18.1. The SMILES string of the molecule is O=C(NCc1ccc(Cn2cncn2)cc1)[C@H]1CCCCN1. The molecule has 0 radical (unpaired) electrons. The van der Waals surface area contributed by atoms with Crippen LogP contribution in [-0.4, -0.2) is 33.3 Å². The molecule has 1 aliphatic rings. The van der Waals surface area contributed by atoms with Crippen LogP contribution in [0.5, 0.6) is 0 Å². The monoisotopic (exact) mass is 299 g/mol. The van der Waals surface area contributed by atoms with Crippen LogP contribution in [-0.2, 0) is 17.9 Å². The van der Waals surface area contributed by atoms with Gasteiger partial charge >= 0.3 is 0 Å². The van der Waals surface area contributed by atoms with Crippen molar-refractivity contribution in [3.8, 4) is 0 Å². The van der Waals surface area contributed by atoms with Crippen LogP contribution in [0.1, 0.15) is 30.4 Å². The number of benzene rings is 1. The highest BCUT2D eigenvalue weighted by atomic mass is 16.2. The first-order valence-electron chi connectivity index (χ1n) is 7.72. The van der Waals surface area contributed by atoms with E-state index in [1.54, 1.807) is 11.0 Å². The van der Waals surface area contributed by atoms with Gasteiger partial charge in [-0.15, -0.1) is 0 Å². The molecule has 0 saturated carbocycles. The van der Waals surface area contributed by atoms with Crippen LogP contribution < -0.4 is 10.6 Å². The first-order chi connectivity index (χ1) is 10.8. The van der Waals surface area contributed by atoms with E-state index in [1.165, 1.54) is 6.33 Å². The largest absolute Gasteiger partial charge is 0.351 e. The van der Waals surface area contributed by atoms with Gasteiger partial charge in [0.05, 0.1) is 12.6 Å². The van der Waals surface area contributed by atoms with E-state index in [2.05, 4.69) is 32.8 Å². The van der Waals surface area contributed by atoms with Crippen molar-refractivity contribution in [1.29, 1.82) is 0 Å². The molecular formula is C16H21N5O. The van der Waals surface area contributed by atoms with Crippen LogP contribution >= 0.6 is 0 Å². The molecule has 0 spiro atoms. The van der Waals surface area contributed by atoms with Crippen molar-refractivity contribution in [2.45, 2.75) is 38.4 Å². The molecule has 1 aromatic carbocycles. The third kappa shape index (κ3) is 3.92. The fourth-order valence-corrected chi connectivity index (χ4v) is 2.65. The molecular weight excluding hydrogens is 278 g/mol. The van der Waals surface area contributed by atoms with E-state index < -0.39 is 0 Å². The van der Waals surface area contributed by atoms with Crippen molar-refractivity contribution in [3.05, 3.63) is 48.0 Å². The second kappa shape index (κ2) is 7.17. The Kier molecular flexibility index (Phi) is 4.80. The molecule has 0 aliphatic carbocycles. The number of amides is 1. The average molecular weight is 299 g/mol. The van der Waals surface area contributed by atoms with Crippen LogP contribution in [0.25, 0.3) is 0 Å². The van der Waals surface area contributed by atoms with Crippen LogP contribution in [0, 0.1) is 0 Å². The lowest BCUT2D eigenvalue weighted by Gasteiger charge is -2.22. The Balaban J connectivity index is 1.49. The van der Waals surface area contributed by atoms with Gasteiger partial charge in [0.25, 0.3) is 0 Å². The first kappa shape index (κ1) is 14.7. The third-order valence-electron chi connectivity index (χ3n) is 3.93. The standard InChI is InChI=1S/C16H21N5O/c22-16(15-3-1-2-8-18-15)19-9-13-4-6-14(7-5-13)10-21-12-17-11-20-21/h4-7,11-12,15,18H,1-3,8-10H2,(H,19,22)/t15-/m1/s1. The summed E-state index contributed by atoms with van der Waals surface area (Å²) < 4.78 is 1.78. The molecule has 2 aromatic rings. The summed E-state index contributed by atoms with van der Waals surface area (Å²) in [6.07, 6.45) is 6.45. The molecule has 3 rings (SSSR count). The molecule has 0 unspecified atom stereocenters. The maximum Gasteiger partial charge on any atom is 0.237 e. The summed E-state index contributed by atoms with van der Waals surface area (Å²) in [5, 5.41) is 10.4. The highest BCUT2D eigenvalue weighted by Gasteiger charge is 2.19. The summed E-state index contributed by atoms with van der Waals surface area (Å²) >= 11 is 0. The Hall–Kier alpha value is -2.21. The maximum atomic E-state index is 12.1. The molecule has 1 aromatic heterocycles. The lowest BCUT2D eigenvalue weighted by molar-refractivity contribution is -0.123. The number of hydrogen-bond donors (Lipinski definition) is 2. The third-order valence-corrected chi connectivity index (χ3v) is 3.93. The van der Waals surface area contributed by atoms with Crippen molar-refractivity contribution in [2.75, 3.05) is 6.54 Å². The Morgan fingerprint density at radius 1 is 1.27 bits per heavy atom. The summed E-state index contributed by atoms with van der Waals surface area (Å²) in [5.74, 6) is 0.103. The van der Waals surface area contributed by atoms with Crippen molar-refractivity contribution >= 4 is 5.91 Å². The minimum Gasteiger partial charge on any atom is -0.351 e. The Labute approximate surface area is 129 Å². The van der Waals surface area contributed by atoms with Gasteiger partial charge in [0.15, 0.2) is 0 Å². The van der Waals surface area contributed by atoms with E-state index in [0.717, 1.165) is 36.9 Å². The second-order valence-electron chi connectivity index (χ2n) is 5.63. The number of rotatable bonds is 5. The fraction of sp³-hybridized carbons (Fsp3) is 0.438. The first-order valence-corrected chi connectivity index (χ1v) is 7.72.